The molecule has 0 unspecified atom stereocenters. The van der Waals surface area contributed by atoms with Gasteiger partial charge in [-0.1, -0.05) is 24.3 Å². The van der Waals surface area contributed by atoms with E-state index in [4.69, 9.17) is 4.74 Å². The first-order valence-electron chi connectivity index (χ1n) is 7.45. The predicted molar refractivity (Wildman–Crippen MR) is 83.2 cm³/mol. The van der Waals surface area contributed by atoms with Crippen LogP contribution in [0.3, 0.4) is 0 Å². The third-order valence-electron chi connectivity index (χ3n) is 3.74. The van der Waals surface area contributed by atoms with Gasteiger partial charge in [0.1, 0.15) is 0 Å². The second kappa shape index (κ2) is 6.62. The number of H-pyrrole nitrogens is 1. The van der Waals surface area contributed by atoms with E-state index in [0.29, 0.717) is 26.2 Å². The zero-order chi connectivity index (χ0) is 15.4. The highest BCUT2D eigenvalue weighted by Gasteiger charge is 2.20. The number of aromatic nitrogens is 2. The van der Waals surface area contributed by atoms with Crippen molar-refractivity contribution in [2.24, 2.45) is 0 Å². The fourth-order valence-corrected chi connectivity index (χ4v) is 2.51. The zero-order valence-corrected chi connectivity index (χ0v) is 12.6. The third-order valence-corrected chi connectivity index (χ3v) is 3.74. The summed E-state index contributed by atoms with van der Waals surface area (Å²) in [5, 5.41) is 9.83. The number of carbonyl (C=O) groups is 1. The Kier molecular flexibility index (Phi) is 4.39. The molecule has 0 spiro atoms. The molecular weight excluding hydrogens is 280 g/mol. The standard InChI is InChI=1S/C16H20N4O2/c1-12-11-20(8-9-22-12)16(21)17-10-13-2-4-14(5-3-13)15-6-7-18-19-15/h2-7,12H,8-11H2,1H3,(H,17,21)(H,18,19)/t12-/m1/s1. The lowest BCUT2D eigenvalue weighted by molar-refractivity contribution is -0.00351. The highest BCUT2D eigenvalue weighted by molar-refractivity contribution is 5.74. The molecule has 1 aliphatic rings. The number of ether oxygens (including phenoxy) is 1. The highest BCUT2D eigenvalue weighted by Crippen LogP contribution is 2.16. The van der Waals surface area contributed by atoms with Gasteiger partial charge in [-0.15, -0.1) is 0 Å². The lowest BCUT2D eigenvalue weighted by atomic mass is 10.1. The van der Waals surface area contributed by atoms with E-state index in [1.54, 1.807) is 11.1 Å². The van der Waals surface area contributed by atoms with Crippen molar-refractivity contribution in [3.05, 3.63) is 42.1 Å². The average Bonchev–Trinajstić information content (AvgIpc) is 3.07. The van der Waals surface area contributed by atoms with Gasteiger partial charge in [-0.05, 0) is 24.1 Å². The maximum atomic E-state index is 12.1. The largest absolute Gasteiger partial charge is 0.375 e. The minimum absolute atomic E-state index is 0.0344. The van der Waals surface area contributed by atoms with Gasteiger partial charge in [-0.25, -0.2) is 4.79 Å². The second-order valence-electron chi connectivity index (χ2n) is 5.45. The van der Waals surface area contributed by atoms with Gasteiger partial charge >= 0.3 is 6.03 Å². The topological polar surface area (TPSA) is 70.2 Å². The Balaban J connectivity index is 1.54. The Morgan fingerprint density at radius 2 is 2.23 bits per heavy atom. The van der Waals surface area contributed by atoms with E-state index in [-0.39, 0.29) is 12.1 Å². The van der Waals surface area contributed by atoms with Gasteiger partial charge in [0.15, 0.2) is 0 Å². The molecule has 1 aromatic heterocycles. The number of urea groups is 1. The van der Waals surface area contributed by atoms with Gasteiger partial charge in [0, 0.05) is 25.8 Å². The summed E-state index contributed by atoms with van der Waals surface area (Å²) >= 11 is 0. The van der Waals surface area contributed by atoms with E-state index in [1.807, 2.05) is 37.3 Å². The SMILES string of the molecule is C[C@@H]1CN(C(=O)NCc2ccc(-c3ccn[nH]3)cc2)CCO1. The Bertz CT molecular complexity index is 610. The quantitative estimate of drug-likeness (QED) is 0.911. The van der Waals surface area contributed by atoms with E-state index in [9.17, 15) is 4.79 Å². The molecule has 2 amide bonds. The Morgan fingerprint density at radius 1 is 1.41 bits per heavy atom. The number of nitrogens with zero attached hydrogens (tertiary/aromatic N) is 2. The first-order chi connectivity index (χ1) is 10.7. The normalized spacial score (nSPS) is 18.2. The molecule has 6 nitrogen and oxygen atoms in total. The predicted octanol–water partition coefficient (Wildman–Crippen LogP) is 2.01. The van der Waals surface area contributed by atoms with Crippen LogP contribution in [0.4, 0.5) is 4.79 Å². The molecule has 2 heterocycles. The van der Waals surface area contributed by atoms with Crippen LogP contribution >= 0.6 is 0 Å². The van der Waals surface area contributed by atoms with Crippen LogP contribution in [0.15, 0.2) is 36.5 Å². The number of hydrogen-bond acceptors (Lipinski definition) is 3. The molecule has 2 aromatic rings. The van der Waals surface area contributed by atoms with Crippen molar-refractivity contribution in [3.63, 3.8) is 0 Å². The summed E-state index contributed by atoms with van der Waals surface area (Å²) in [5.41, 5.74) is 3.13. The number of nitrogens with one attached hydrogen (secondary N) is 2. The molecule has 116 valence electrons. The number of carbonyl (C=O) groups excluding carboxylic acids is 1. The maximum Gasteiger partial charge on any atom is 0.317 e. The molecule has 1 atom stereocenters. The van der Waals surface area contributed by atoms with E-state index >= 15 is 0 Å². The molecule has 0 radical (unpaired) electrons. The van der Waals surface area contributed by atoms with E-state index in [2.05, 4.69) is 15.5 Å². The number of hydrogen-bond donors (Lipinski definition) is 2. The zero-order valence-electron chi connectivity index (χ0n) is 12.6. The summed E-state index contributed by atoms with van der Waals surface area (Å²) in [7, 11) is 0. The molecule has 3 rings (SSSR count). The van der Waals surface area contributed by atoms with E-state index in [0.717, 1.165) is 16.8 Å². The molecular formula is C16H20N4O2. The average molecular weight is 300 g/mol. The van der Waals surface area contributed by atoms with Crippen LogP contribution in [0.1, 0.15) is 12.5 Å². The summed E-state index contributed by atoms with van der Waals surface area (Å²) in [6.07, 6.45) is 1.83. The molecule has 6 heteroatoms. The van der Waals surface area contributed by atoms with Crippen molar-refractivity contribution in [2.75, 3.05) is 19.7 Å². The highest BCUT2D eigenvalue weighted by atomic mass is 16.5. The number of rotatable bonds is 3. The molecule has 2 N–H and O–H groups in total. The lowest BCUT2D eigenvalue weighted by Crippen LogP contribution is -2.48. The van der Waals surface area contributed by atoms with E-state index < -0.39 is 0 Å². The van der Waals surface area contributed by atoms with Gasteiger partial charge in [0.25, 0.3) is 0 Å². The van der Waals surface area contributed by atoms with E-state index in [1.165, 1.54) is 0 Å². The molecule has 0 aliphatic carbocycles. The molecule has 0 saturated carbocycles. The first-order valence-corrected chi connectivity index (χ1v) is 7.45. The van der Waals surface area contributed by atoms with Crippen molar-refractivity contribution in [1.82, 2.24) is 20.4 Å². The Labute approximate surface area is 129 Å². The van der Waals surface area contributed by atoms with Crippen molar-refractivity contribution in [1.29, 1.82) is 0 Å². The summed E-state index contributed by atoms with van der Waals surface area (Å²) in [4.78, 5) is 13.9. The fourth-order valence-electron chi connectivity index (χ4n) is 2.51. The van der Waals surface area contributed by atoms with Gasteiger partial charge in [-0.2, -0.15) is 5.10 Å². The summed E-state index contributed by atoms with van der Waals surface area (Å²) in [6.45, 7) is 4.40. The van der Waals surface area contributed by atoms with Crippen molar-refractivity contribution < 1.29 is 9.53 Å². The molecule has 1 saturated heterocycles. The number of aromatic amines is 1. The van der Waals surface area contributed by atoms with Crippen molar-refractivity contribution >= 4 is 6.03 Å². The number of benzene rings is 1. The van der Waals surface area contributed by atoms with Crippen LogP contribution in [0, 0.1) is 0 Å². The van der Waals surface area contributed by atoms with Crippen molar-refractivity contribution in [3.8, 4) is 11.3 Å². The number of amides is 2. The Hall–Kier alpha value is -2.34. The number of morpholine rings is 1. The van der Waals surface area contributed by atoms with Gasteiger partial charge in [-0.3, -0.25) is 5.10 Å². The van der Waals surface area contributed by atoms with Crippen LogP contribution in [0.25, 0.3) is 11.3 Å². The fraction of sp³-hybridized carbons (Fsp3) is 0.375. The first kappa shape index (κ1) is 14.6. The molecule has 1 aliphatic heterocycles. The summed E-state index contributed by atoms with van der Waals surface area (Å²) < 4.78 is 5.44. The third kappa shape index (κ3) is 3.46. The minimum Gasteiger partial charge on any atom is -0.375 e. The van der Waals surface area contributed by atoms with Gasteiger partial charge in [0.05, 0.1) is 18.4 Å². The Morgan fingerprint density at radius 3 is 2.91 bits per heavy atom. The van der Waals surface area contributed by atoms with Crippen LogP contribution in [-0.4, -0.2) is 46.9 Å². The summed E-state index contributed by atoms with van der Waals surface area (Å²) in [6, 6.07) is 9.96. The molecule has 1 aromatic carbocycles. The van der Waals surface area contributed by atoms with Gasteiger partial charge in [0.2, 0.25) is 0 Å². The molecule has 1 fully saturated rings. The second-order valence-corrected chi connectivity index (χ2v) is 5.45. The molecule has 0 bridgehead atoms. The van der Waals surface area contributed by atoms with Crippen LogP contribution < -0.4 is 5.32 Å². The molecule has 22 heavy (non-hydrogen) atoms. The van der Waals surface area contributed by atoms with Crippen LogP contribution in [-0.2, 0) is 11.3 Å². The smallest absolute Gasteiger partial charge is 0.317 e. The lowest BCUT2D eigenvalue weighted by Gasteiger charge is -2.31. The van der Waals surface area contributed by atoms with Crippen LogP contribution in [0.5, 0.6) is 0 Å². The minimum atomic E-state index is -0.0344. The van der Waals surface area contributed by atoms with Gasteiger partial charge < -0.3 is 15.0 Å². The van der Waals surface area contributed by atoms with Crippen molar-refractivity contribution in [2.45, 2.75) is 19.6 Å². The summed E-state index contributed by atoms with van der Waals surface area (Å²) in [5.74, 6) is 0. The maximum absolute atomic E-state index is 12.1. The monoisotopic (exact) mass is 300 g/mol. The van der Waals surface area contributed by atoms with Crippen LogP contribution in [0.2, 0.25) is 0 Å².